The van der Waals surface area contributed by atoms with E-state index in [1.54, 1.807) is 0 Å². The Bertz CT molecular complexity index is 553. The van der Waals surface area contributed by atoms with Gasteiger partial charge in [-0.1, -0.05) is 17.7 Å². The molecule has 0 amide bonds. The van der Waals surface area contributed by atoms with Crippen LogP contribution in [0.15, 0.2) is 24.3 Å². The van der Waals surface area contributed by atoms with E-state index in [2.05, 4.69) is 53.6 Å². The van der Waals surface area contributed by atoms with E-state index in [4.69, 9.17) is 0 Å². The van der Waals surface area contributed by atoms with E-state index < -0.39 is 0 Å². The van der Waals surface area contributed by atoms with Gasteiger partial charge in [-0.3, -0.25) is 5.10 Å². The molecule has 0 atom stereocenters. The topological polar surface area (TPSA) is 40.7 Å². The van der Waals surface area contributed by atoms with Crippen molar-refractivity contribution < 1.29 is 0 Å². The fourth-order valence-electron chi connectivity index (χ4n) is 2.14. The Kier molecular flexibility index (Phi) is 2.92. The maximum absolute atomic E-state index is 4.42. The third kappa shape index (κ3) is 2.46. The van der Waals surface area contributed by atoms with Gasteiger partial charge in [0.05, 0.1) is 5.69 Å². The minimum absolute atomic E-state index is 0.734. The highest BCUT2D eigenvalue weighted by Crippen LogP contribution is 2.24. The minimum Gasteiger partial charge on any atom is -0.308 e. The molecule has 18 heavy (non-hydrogen) atoms. The number of hydrogen-bond acceptors (Lipinski definition) is 2. The number of nitrogens with zero attached hydrogens (tertiary/aromatic N) is 1. The van der Waals surface area contributed by atoms with Crippen LogP contribution in [0.3, 0.4) is 0 Å². The Hall–Kier alpha value is -1.61. The molecule has 2 aromatic rings. The van der Waals surface area contributed by atoms with Crippen molar-refractivity contribution in [1.82, 2.24) is 15.5 Å². The molecule has 3 rings (SSSR count). The zero-order chi connectivity index (χ0) is 12.5. The zero-order valence-corrected chi connectivity index (χ0v) is 11.0. The number of hydrogen-bond donors (Lipinski definition) is 2. The maximum atomic E-state index is 4.42. The van der Waals surface area contributed by atoms with Crippen LogP contribution in [0.5, 0.6) is 0 Å². The fraction of sp³-hybridized carbons (Fsp3) is 0.400. The molecule has 1 saturated carbocycles. The third-order valence-corrected chi connectivity index (χ3v) is 3.46. The smallest absolute Gasteiger partial charge is 0.0926 e. The molecular formula is C15H19N3. The van der Waals surface area contributed by atoms with Gasteiger partial charge in [-0.25, -0.2) is 0 Å². The number of benzene rings is 1. The summed E-state index contributed by atoms with van der Waals surface area (Å²) in [4.78, 5) is 0. The normalized spacial score (nSPS) is 15.0. The van der Waals surface area contributed by atoms with Crippen LogP contribution in [0.4, 0.5) is 0 Å². The lowest BCUT2D eigenvalue weighted by molar-refractivity contribution is 0.672. The minimum atomic E-state index is 0.734. The van der Waals surface area contributed by atoms with E-state index in [-0.39, 0.29) is 0 Å². The highest BCUT2D eigenvalue weighted by atomic mass is 15.1. The van der Waals surface area contributed by atoms with Gasteiger partial charge in [-0.15, -0.1) is 0 Å². The number of aromatic amines is 1. The first-order chi connectivity index (χ1) is 8.72. The molecule has 1 aromatic carbocycles. The second-order valence-electron chi connectivity index (χ2n) is 5.25. The van der Waals surface area contributed by atoms with E-state index >= 15 is 0 Å². The van der Waals surface area contributed by atoms with Gasteiger partial charge in [0.2, 0.25) is 0 Å². The summed E-state index contributed by atoms with van der Waals surface area (Å²) in [6.07, 6.45) is 2.63. The molecule has 1 fully saturated rings. The second-order valence-corrected chi connectivity index (χ2v) is 5.25. The van der Waals surface area contributed by atoms with Crippen LogP contribution in [0.2, 0.25) is 0 Å². The zero-order valence-electron chi connectivity index (χ0n) is 11.0. The molecule has 1 heterocycles. The number of H-pyrrole nitrogens is 1. The van der Waals surface area contributed by atoms with Crippen molar-refractivity contribution in [3.63, 3.8) is 0 Å². The Labute approximate surface area is 108 Å². The van der Waals surface area contributed by atoms with Crippen LogP contribution < -0.4 is 5.32 Å². The van der Waals surface area contributed by atoms with Gasteiger partial charge in [0.25, 0.3) is 0 Å². The highest BCUT2D eigenvalue weighted by Gasteiger charge is 2.20. The van der Waals surface area contributed by atoms with Crippen molar-refractivity contribution in [2.45, 2.75) is 39.3 Å². The quantitative estimate of drug-likeness (QED) is 0.864. The van der Waals surface area contributed by atoms with E-state index in [1.807, 2.05) is 0 Å². The van der Waals surface area contributed by atoms with E-state index in [1.165, 1.54) is 29.5 Å². The van der Waals surface area contributed by atoms with Gasteiger partial charge in [0.1, 0.15) is 0 Å². The second kappa shape index (κ2) is 4.58. The van der Waals surface area contributed by atoms with Crippen molar-refractivity contribution in [3.05, 3.63) is 41.1 Å². The summed E-state index contributed by atoms with van der Waals surface area (Å²) in [6, 6.07) is 9.38. The standard InChI is InChI=1S/C15H19N3/c1-10-3-4-11(2)14(7-10)15-8-13(17-18-15)9-16-12-5-6-12/h3-4,7-8,12,16H,5-6,9H2,1-2H3,(H,17,18). The molecule has 1 aliphatic carbocycles. The Morgan fingerprint density at radius 1 is 1.28 bits per heavy atom. The Balaban J connectivity index is 1.80. The number of aromatic nitrogens is 2. The first-order valence-corrected chi connectivity index (χ1v) is 6.57. The predicted octanol–water partition coefficient (Wildman–Crippen LogP) is 2.95. The predicted molar refractivity (Wildman–Crippen MR) is 73.4 cm³/mol. The van der Waals surface area contributed by atoms with Crippen LogP contribution >= 0.6 is 0 Å². The lowest BCUT2D eigenvalue weighted by atomic mass is 10.0. The lowest BCUT2D eigenvalue weighted by Gasteiger charge is -2.03. The third-order valence-electron chi connectivity index (χ3n) is 3.46. The maximum Gasteiger partial charge on any atom is 0.0926 e. The van der Waals surface area contributed by atoms with E-state index in [0.29, 0.717) is 0 Å². The van der Waals surface area contributed by atoms with Crippen LogP contribution in [0, 0.1) is 13.8 Å². The summed E-state index contributed by atoms with van der Waals surface area (Å²) >= 11 is 0. The molecule has 0 saturated heterocycles. The van der Waals surface area contributed by atoms with Crippen LogP contribution in [-0.2, 0) is 6.54 Å². The molecule has 0 unspecified atom stereocenters. The summed E-state index contributed by atoms with van der Waals surface area (Å²) in [5.74, 6) is 0. The number of rotatable bonds is 4. The summed E-state index contributed by atoms with van der Waals surface area (Å²) < 4.78 is 0. The Morgan fingerprint density at radius 2 is 2.11 bits per heavy atom. The molecule has 1 aromatic heterocycles. The Morgan fingerprint density at radius 3 is 2.89 bits per heavy atom. The van der Waals surface area contributed by atoms with Gasteiger partial charge < -0.3 is 5.32 Å². The number of nitrogens with one attached hydrogen (secondary N) is 2. The summed E-state index contributed by atoms with van der Waals surface area (Å²) in [6.45, 7) is 5.14. The van der Waals surface area contributed by atoms with Crippen LogP contribution in [0.1, 0.15) is 29.7 Å². The lowest BCUT2D eigenvalue weighted by Crippen LogP contribution is -2.15. The molecule has 1 aliphatic rings. The molecule has 0 bridgehead atoms. The van der Waals surface area contributed by atoms with E-state index in [0.717, 1.165) is 24.0 Å². The van der Waals surface area contributed by atoms with Crippen molar-refractivity contribution in [1.29, 1.82) is 0 Å². The molecule has 0 radical (unpaired) electrons. The van der Waals surface area contributed by atoms with Gasteiger partial charge in [0.15, 0.2) is 0 Å². The van der Waals surface area contributed by atoms with Gasteiger partial charge in [-0.2, -0.15) is 5.10 Å². The van der Waals surface area contributed by atoms with Crippen LogP contribution in [0.25, 0.3) is 11.3 Å². The van der Waals surface area contributed by atoms with Crippen molar-refractivity contribution >= 4 is 0 Å². The fourth-order valence-corrected chi connectivity index (χ4v) is 2.14. The SMILES string of the molecule is Cc1ccc(C)c(-c2cc(CNC3CC3)[nH]n2)c1. The molecule has 0 aliphatic heterocycles. The van der Waals surface area contributed by atoms with Crippen molar-refractivity contribution in [3.8, 4) is 11.3 Å². The molecule has 0 spiro atoms. The number of aryl methyl sites for hydroxylation is 2. The molecule has 2 N–H and O–H groups in total. The molecule has 3 heteroatoms. The highest BCUT2D eigenvalue weighted by molar-refractivity contribution is 5.64. The molecular weight excluding hydrogens is 222 g/mol. The monoisotopic (exact) mass is 241 g/mol. The largest absolute Gasteiger partial charge is 0.308 e. The average Bonchev–Trinajstić information content (AvgIpc) is 3.08. The van der Waals surface area contributed by atoms with Gasteiger partial charge in [-0.05, 0) is 44.4 Å². The first-order valence-electron chi connectivity index (χ1n) is 6.57. The molecule has 94 valence electrons. The van der Waals surface area contributed by atoms with Crippen molar-refractivity contribution in [2.24, 2.45) is 0 Å². The molecule has 3 nitrogen and oxygen atoms in total. The van der Waals surface area contributed by atoms with E-state index in [9.17, 15) is 0 Å². The van der Waals surface area contributed by atoms with Gasteiger partial charge >= 0.3 is 0 Å². The summed E-state index contributed by atoms with van der Waals surface area (Å²) in [5.41, 5.74) is 5.98. The van der Waals surface area contributed by atoms with Crippen LogP contribution in [-0.4, -0.2) is 16.2 Å². The van der Waals surface area contributed by atoms with Gasteiger partial charge in [0, 0.05) is 23.8 Å². The summed E-state index contributed by atoms with van der Waals surface area (Å²) in [5, 5.41) is 11.0. The van der Waals surface area contributed by atoms with Crippen molar-refractivity contribution in [2.75, 3.05) is 0 Å². The first kappa shape index (κ1) is 11.5. The summed E-state index contributed by atoms with van der Waals surface area (Å²) in [7, 11) is 0. The average molecular weight is 241 g/mol.